The summed E-state index contributed by atoms with van der Waals surface area (Å²) in [7, 11) is 0.459. The molecule has 138 valence electrons. The average Bonchev–Trinajstić information content (AvgIpc) is 3.11. The molecule has 0 aliphatic rings. The van der Waals surface area contributed by atoms with Crippen molar-refractivity contribution in [1.29, 1.82) is 0 Å². The van der Waals surface area contributed by atoms with E-state index in [2.05, 4.69) is 69.6 Å². The Hall–Kier alpha value is -1.43. The van der Waals surface area contributed by atoms with E-state index >= 15 is 0 Å². The summed E-state index contributed by atoms with van der Waals surface area (Å²) in [5.41, 5.74) is 0. The first kappa shape index (κ1) is 22.6. The number of nitrogens with zero attached hydrogens (tertiary/aromatic N) is 4. The zero-order valence-electron chi connectivity index (χ0n) is 15.2. The summed E-state index contributed by atoms with van der Waals surface area (Å²) in [6.45, 7) is 6.72. The molecule has 0 atom stereocenters. The van der Waals surface area contributed by atoms with Gasteiger partial charge in [-0.25, -0.2) is 18.3 Å². The number of aromatic nitrogens is 4. The molecule has 0 saturated heterocycles. The van der Waals surface area contributed by atoms with E-state index in [0.29, 0.717) is 0 Å². The van der Waals surface area contributed by atoms with Crippen LogP contribution in [0.25, 0.3) is 0 Å². The van der Waals surface area contributed by atoms with E-state index in [0.717, 1.165) is 13.1 Å². The highest BCUT2D eigenvalue weighted by Crippen LogP contribution is 1.86. The van der Waals surface area contributed by atoms with Gasteiger partial charge < -0.3 is 14.4 Å². The molecule has 0 unspecified atom stereocenters. The maximum absolute atomic E-state index is 8.52. The Morgan fingerprint density at radius 2 is 1.21 bits per heavy atom. The van der Waals surface area contributed by atoms with E-state index in [1.807, 2.05) is 14.1 Å². The molecule has 2 aromatic heterocycles. The fourth-order valence-corrected chi connectivity index (χ4v) is 1.95. The van der Waals surface area contributed by atoms with Crippen LogP contribution in [0.4, 0.5) is 0 Å². The highest BCUT2D eigenvalue weighted by molar-refractivity contribution is 7.27. The van der Waals surface area contributed by atoms with Crippen LogP contribution in [0.3, 0.4) is 0 Å². The molecule has 7 nitrogen and oxygen atoms in total. The molecule has 0 saturated carbocycles. The highest BCUT2D eigenvalue weighted by Gasteiger charge is 1.97. The largest absolute Gasteiger partial charge is 0.813 e. The third-order valence-electron chi connectivity index (χ3n) is 3.19. The second-order valence-electron chi connectivity index (χ2n) is 5.59. The van der Waals surface area contributed by atoms with Gasteiger partial charge in [0, 0.05) is 0 Å². The number of hydrogen-bond acceptors (Lipinski definition) is 3. The molecular formula is C16H31N4O3P. The smallest absolute Gasteiger partial charge is 0.243 e. The summed E-state index contributed by atoms with van der Waals surface area (Å²) < 4.78 is 17.1. The van der Waals surface area contributed by atoms with Crippen molar-refractivity contribution in [3.05, 3.63) is 37.4 Å². The molecule has 0 amide bonds. The van der Waals surface area contributed by atoms with Crippen LogP contribution in [0.2, 0.25) is 0 Å². The average molecular weight is 358 g/mol. The third-order valence-corrected chi connectivity index (χ3v) is 3.19. The van der Waals surface area contributed by atoms with Crippen molar-refractivity contribution >= 4 is 8.25 Å². The summed E-state index contributed by atoms with van der Waals surface area (Å²) in [5.74, 6) is 0. The quantitative estimate of drug-likeness (QED) is 0.551. The van der Waals surface area contributed by atoms with Crippen LogP contribution in [0, 0.1) is 0 Å². The van der Waals surface area contributed by atoms with E-state index in [1.54, 1.807) is 0 Å². The molecule has 0 aliphatic heterocycles. The van der Waals surface area contributed by atoms with Crippen molar-refractivity contribution < 1.29 is 23.5 Å². The molecule has 0 aliphatic carbocycles. The Bertz CT molecular complexity index is 521. The Morgan fingerprint density at radius 1 is 0.875 bits per heavy atom. The lowest BCUT2D eigenvalue weighted by Crippen LogP contribution is -2.30. The van der Waals surface area contributed by atoms with Crippen LogP contribution in [0.15, 0.2) is 37.4 Å². The van der Waals surface area contributed by atoms with Crippen LogP contribution in [0.1, 0.15) is 39.5 Å². The van der Waals surface area contributed by atoms with Crippen LogP contribution in [0.5, 0.6) is 0 Å². The minimum Gasteiger partial charge on any atom is -0.813 e. The van der Waals surface area contributed by atoms with Crippen molar-refractivity contribution in [2.45, 2.75) is 52.6 Å². The van der Waals surface area contributed by atoms with Crippen LogP contribution >= 0.6 is 8.25 Å². The molecule has 24 heavy (non-hydrogen) atoms. The molecule has 0 fully saturated rings. The standard InChI is InChI=1S/2C8H15N2.H3O3P/c2*1-3-4-5-10-7-6-9(2)8-10;1-4(2)3/h2*6-8H,3-5H2,1-2H3;4H,(H2,1,2,3)/q2*+1;/p-2. The van der Waals surface area contributed by atoms with E-state index in [9.17, 15) is 0 Å². The number of hydrogen-bond donors (Lipinski definition) is 0. The molecule has 0 N–H and O–H groups in total. The summed E-state index contributed by atoms with van der Waals surface area (Å²) >= 11 is 0. The molecule has 0 bridgehead atoms. The second kappa shape index (κ2) is 14.0. The number of imidazole rings is 2. The number of rotatable bonds is 6. The first-order valence-corrected chi connectivity index (χ1v) is 9.51. The summed E-state index contributed by atoms with van der Waals surface area (Å²) in [6.07, 6.45) is 17.6. The van der Waals surface area contributed by atoms with Gasteiger partial charge in [0.1, 0.15) is 24.8 Å². The maximum Gasteiger partial charge on any atom is 0.243 e. The molecule has 0 aromatic carbocycles. The Kier molecular flexibility index (Phi) is 13.1. The van der Waals surface area contributed by atoms with Gasteiger partial charge in [-0.2, -0.15) is 0 Å². The SMILES string of the molecule is CCCC[n+]1ccn(C)c1.CCCC[n+]1ccn(C)c1.O=[PH]([O-])[O-]. The van der Waals surface area contributed by atoms with Crippen molar-refractivity contribution in [2.24, 2.45) is 14.1 Å². The maximum atomic E-state index is 8.52. The highest BCUT2D eigenvalue weighted by atomic mass is 31.1. The molecule has 2 heterocycles. The van der Waals surface area contributed by atoms with Crippen LogP contribution in [-0.4, -0.2) is 9.13 Å². The first-order valence-electron chi connectivity index (χ1n) is 8.29. The zero-order valence-corrected chi connectivity index (χ0v) is 16.2. The Morgan fingerprint density at radius 3 is 1.42 bits per heavy atom. The van der Waals surface area contributed by atoms with Gasteiger partial charge in [0.25, 0.3) is 0 Å². The second-order valence-corrected chi connectivity index (χ2v) is 6.09. The zero-order chi connectivity index (χ0) is 18.4. The number of aryl methyl sites for hydroxylation is 4. The van der Waals surface area contributed by atoms with E-state index in [1.165, 1.54) is 25.7 Å². The van der Waals surface area contributed by atoms with Crippen LogP contribution in [-0.2, 0) is 31.7 Å². The van der Waals surface area contributed by atoms with Gasteiger partial charge in [0.15, 0.2) is 0 Å². The predicted molar refractivity (Wildman–Crippen MR) is 90.0 cm³/mol. The normalized spacial score (nSPS) is 9.96. The van der Waals surface area contributed by atoms with Gasteiger partial charge in [-0.1, -0.05) is 34.9 Å². The summed E-state index contributed by atoms with van der Waals surface area (Å²) in [6, 6.07) is 0. The van der Waals surface area contributed by atoms with E-state index in [4.69, 9.17) is 14.4 Å². The Balaban J connectivity index is 0.000000363. The third kappa shape index (κ3) is 13.0. The van der Waals surface area contributed by atoms with Crippen molar-refractivity contribution in [2.75, 3.05) is 0 Å². The molecule has 2 rings (SSSR count). The first-order chi connectivity index (χ1) is 11.4. The van der Waals surface area contributed by atoms with Crippen molar-refractivity contribution in [1.82, 2.24) is 9.13 Å². The van der Waals surface area contributed by atoms with Crippen molar-refractivity contribution in [3.8, 4) is 0 Å². The van der Waals surface area contributed by atoms with Crippen LogP contribution < -0.4 is 18.9 Å². The molecular weight excluding hydrogens is 327 g/mol. The number of unbranched alkanes of at least 4 members (excludes halogenated alkanes) is 2. The lowest BCUT2D eigenvalue weighted by Gasteiger charge is -2.03. The molecule has 8 heteroatoms. The molecule has 0 radical (unpaired) electrons. The van der Waals surface area contributed by atoms with Gasteiger partial charge in [0.2, 0.25) is 12.7 Å². The fraction of sp³-hybridized carbons (Fsp3) is 0.625. The monoisotopic (exact) mass is 358 g/mol. The minimum absolute atomic E-state index is 1.15. The topological polar surface area (TPSA) is 80.8 Å². The summed E-state index contributed by atoms with van der Waals surface area (Å²) in [4.78, 5) is 17.0. The summed E-state index contributed by atoms with van der Waals surface area (Å²) in [5, 5.41) is 0. The molecule has 0 spiro atoms. The molecule has 2 aromatic rings. The van der Waals surface area contributed by atoms with Gasteiger partial charge >= 0.3 is 0 Å². The van der Waals surface area contributed by atoms with Gasteiger partial charge in [-0.15, -0.1) is 0 Å². The van der Waals surface area contributed by atoms with Gasteiger partial charge in [-0.3, -0.25) is 0 Å². The van der Waals surface area contributed by atoms with Crippen molar-refractivity contribution in [3.63, 3.8) is 0 Å². The van der Waals surface area contributed by atoms with E-state index < -0.39 is 8.25 Å². The van der Waals surface area contributed by atoms with Gasteiger partial charge in [0.05, 0.1) is 27.2 Å². The minimum atomic E-state index is -3.63. The lowest BCUT2D eigenvalue weighted by atomic mass is 10.3. The lowest BCUT2D eigenvalue weighted by molar-refractivity contribution is -0.696. The van der Waals surface area contributed by atoms with Gasteiger partial charge in [-0.05, 0) is 12.8 Å². The fourth-order valence-electron chi connectivity index (χ4n) is 1.95. The Labute approximate surface area is 145 Å². The van der Waals surface area contributed by atoms with E-state index in [-0.39, 0.29) is 0 Å². The predicted octanol–water partition coefficient (Wildman–Crippen LogP) is 0.322.